The van der Waals surface area contributed by atoms with E-state index < -0.39 is 0 Å². The van der Waals surface area contributed by atoms with Crippen LogP contribution in [0.15, 0.2) is 12.2 Å². The van der Waals surface area contributed by atoms with E-state index in [1.54, 1.807) is 0 Å². The number of nitrogens with two attached hydrogens (primary N) is 1. The van der Waals surface area contributed by atoms with Crippen molar-refractivity contribution >= 4 is 28.2 Å². The monoisotopic (exact) mass is 282 g/mol. The highest BCUT2D eigenvalue weighted by atomic mass is 32.1. The van der Waals surface area contributed by atoms with Crippen molar-refractivity contribution in [1.82, 2.24) is 10.3 Å². The van der Waals surface area contributed by atoms with Crippen LogP contribution in [0.1, 0.15) is 16.6 Å². The van der Waals surface area contributed by atoms with Crippen LogP contribution in [0, 0.1) is 0 Å². The number of morpholine rings is 1. The fraction of sp³-hybridized carbons (Fsp3) is 0.500. The third-order valence-electron chi connectivity index (χ3n) is 2.68. The highest BCUT2D eigenvalue weighted by molar-refractivity contribution is 7.18. The molecule has 0 unspecified atom stereocenters. The molecule has 1 saturated heterocycles. The molecule has 6 nitrogen and oxygen atoms in total. The number of hydrogen-bond acceptors (Lipinski definition) is 6. The minimum absolute atomic E-state index is 0.197. The molecule has 1 aromatic heterocycles. The van der Waals surface area contributed by atoms with Gasteiger partial charge in [0, 0.05) is 19.6 Å². The molecule has 0 saturated carbocycles. The Kier molecular flexibility index (Phi) is 4.39. The summed E-state index contributed by atoms with van der Waals surface area (Å²) in [4.78, 5) is 18.8. The summed E-state index contributed by atoms with van der Waals surface area (Å²) in [6, 6.07) is 0. The summed E-state index contributed by atoms with van der Waals surface area (Å²) in [5, 5.41) is 3.54. The predicted octanol–water partition coefficient (Wildman–Crippen LogP) is 0.868. The number of ether oxygens (including phenoxy) is 1. The molecule has 19 heavy (non-hydrogen) atoms. The Balaban J connectivity index is 2.07. The van der Waals surface area contributed by atoms with E-state index in [9.17, 15) is 4.79 Å². The molecule has 0 aromatic carbocycles. The Morgan fingerprint density at radius 1 is 1.58 bits per heavy atom. The lowest BCUT2D eigenvalue weighted by atomic mass is 10.3. The van der Waals surface area contributed by atoms with Crippen molar-refractivity contribution in [3.05, 3.63) is 17.0 Å². The van der Waals surface area contributed by atoms with Crippen molar-refractivity contribution in [2.75, 3.05) is 43.5 Å². The smallest absolute Gasteiger partial charge is 0.265 e. The molecule has 1 aliphatic heterocycles. The molecule has 0 bridgehead atoms. The van der Waals surface area contributed by atoms with E-state index in [4.69, 9.17) is 10.5 Å². The number of carbonyl (C=O) groups excluding carboxylic acids is 1. The zero-order valence-electron chi connectivity index (χ0n) is 10.9. The van der Waals surface area contributed by atoms with Gasteiger partial charge in [-0.1, -0.05) is 23.5 Å². The SMILES string of the molecule is C=C(C)CNC(=O)c1sc(N2CCOCC2)nc1N. The molecule has 104 valence electrons. The summed E-state index contributed by atoms with van der Waals surface area (Å²) in [6.45, 7) is 8.96. The number of amides is 1. The lowest BCUT2D eigenvalue weighted by Crippen LogP contribution is -2.36. The Morgan fingerprint density at radius 3 is 2.89 bits per heavy atom. The Labute approximate surface area is 116 Å². The maximum absolute atomic E-state index is 12.0. The van der Waals surface area contributed by atoms with Gasteiger partial charge >= 0.3 is 0 Å². The minimum Gasteiger partial charge on any atom is -0.382 e. The molecular formula is C12H18N4O2S. The molecular weight excluding hydrogens is 264 g/mol. The summed E-state index contributed by atoms with van der Waals surface area (Å²) in [6.07, 6.45) is 0. The number of anilines is 2. The number of hydrogen-bond donors (Lipinski definition) is 2. The van der Waals surface area contributed by atoms with Crippen molar-refractivity contribution in [2.24, 2.45) is 0 Å². The normalized spacial score (nSPS) is 15.3. The lowest BCUT2D eigenvalue weighted by Gasteiger charge is -2.25. The van der Waals surface area contributed by atoms with Crippen LogP contribution in [-0.2, 0) is 4.74 Å². The molecule has 0 radical (unpaired) electrons. The maximum Gasteiger partial charge on any atom is 0.265 e. The van der Waals surface area contributed by atoms with Gasteiger partial charge in [0.25, 0.3) is 5.91 Å². The summed E-state index contributed by atoms with van der Waals surface area (Å²) in [7, 11) is 0. The first-order chi connectivity index (χ1) is 9.08. The predicted molar refractivity (Wildman–Crippen MR) is 76.7 cm³/mol. The van der Waals surface area contributed by atoms with Gasteiger partial charge in [0.05, 0.1) is 13.2 Å². The number of rotatable bonds is 4. The van der Waals surface area contributed by atoms with Crippen molar-refractivity contribution < 1.29 is 9.53 Å². The van der Waals surface area contributed by atoms with E-state index in [1.807, 2.05) is 6.92 Å². The number of nitrogens with zero attached hydrogens (tertiary/aromatic N) is 2. The van der Waals surface area contributed by atoms with Crippen LogP contribution in [0.3, 0.4) is 0 Å². The quantitative estimate of drug-likeness (QED) is 0.801. The number of thiazole rings is 1. The molecule has 1 aromatic rings. The molecule has 1 fully saturated rings. The van der Waals surface area contributed by atoms with Crippen molar-refractivity contribution in [2.45, 2.75) is 6.92 Å². The second kappa shape index (κ2) is 6.03. The molecule has 2 rings (SSSR count). The summed E-state index contributed by atoms with van der Waals surface area (Å²) < 4.78 is 5.29. The second-order valence-electron chi connectivity index (χ2n) is 4.45. The third kappa shape index (κ3) is 3.45. The van der Waals surface area contributed by atoms with Gasteiger partial charge in [-0.05, 0) is 6.92 Å². The number of carbonyl (C=O) groups is 1. The molecule has 0 aliphatic carbocycles. The summed E-state index contributed by atoms with van der Waals surface area (Å²) in [5.74, 6) is 0.0863. The van der Waals surface area contributed by atoms with Gasteiger partial charge < -0.3 is 20.7 Å². The fourth-order valence-corrected chi connectivity index (χ4v) is 2.64. The first-order valence-electron chi connectivity index (χ1n) is 6.09. The molecule has 0 atom stereocenters. The largest absolute Gasteiger partial charge is 0.382 e. The van der Waals surface area contributed by atoms with Gasteiger partial charge in [-0.3, -0.25) is 4.79 Å². The van der Waals surface area contributed by atoms with Gasteiger partial charge in [0.15, 0.2) is 5.13 Å². The first kappa shape index (κ1) is 13.8. The van der Waals surface area contributed by atoms with E-state index in [0.29, 0.717) is 24.6 Å². The van der Waals surface area contributed by atoms with Gasteiger partial charge in [0.2, 0.25) is 0 Å². The van der Waals surface area contributed by atoms with E-state index in [1.165, 1.54) is 11.3 Å². The zero-order valence-corrected chi connectivity index (χ0v) is 11.8. The highest BCUT2D eigenvalue weighted by Crippen LogP contribution is 2.28. The topological polar surface area (TPSA) is 80.5 Å². The Bertz CT molecular complexity index is 480. The van der Waals surface area contributed by atoms with Crippen LogP contribution in [0.5, 0.6) is 0 Å². The van der Waals surface area contributed by atoms with Crippen LogP contribution in [0.4, 0.5) is 10.9 Å². The minimum atomic E-state index is -0.197. The van der Waals surface area contributed by atoms with Gasteiger partial charge in [-0.25, -0.2) is 4.98 Å². The summed E-state index contributed by atoms with van der Waals surface area (Å²) in [5.41, 5.74) is 6.71. The van der Waals surface area contributed by atoms with E-state index in [-0.39, 0.29) is 11.7 Å². The van der Waals surface area contributed by atoms with Gasteiger partial charge in [0.1, 0.15) is 10.7 Å². The Morgan fingerprint density at radius 2 is 2.26 bits per heavy atom. The molecule has 1 amide bonds. The first-order valence-corrected chi connectivity index (χ1v) is 6.91. The standard InChI is InChI=1S/C12H18N4O2S/c1-8(2)7-14-11(17)9-10(13)15-12(19-9)16-3-5-18-6-4-16/h1,3-7,13H2,2H3,(H,14,17). The van der Waals surface area contributed by atoms with E-state index in [2.05, 4.69) is 21.8 Å². The second-order valence-corrected chi connectivity index (χ2v) is 5.43. The van der Waals surface area contributed by atoms with Gasteiger partial charge in [-0.15, -0.1) is 0 Å². The van der Waals surface area contributed by atoms with Crippen molar-refractivity contribution in [3.8, 4) is 0 Å². The maximum atomic E-state index is 12.0. The zero-order chi connectivity index (χ0) is 13.8. The molecule has 2 heterocycles. The number of nitrogen functional groups attached to an aromatic ring is 1. The van der Waals surface area contributed by atoms with Crippen molar-refractivity contribution in [1.29, 1.82) is 0 Å². The molecule has 3 N–H and O–H groups in total. The van der Waals surface area contributed by atoms with Crippen LogP contribution in [0.25, 0.3) is 0 Å². The van der Waals surface area contributed by atoms with E-state index >= 15 is 0 Å². The molecule has 7 heteroatoms. The van der Waals surface area contributed by atoms with E-state index in [0.717, 1.165) is 23.8 Å². The van der Waals surface area contributed by atoms with Crippen molar-refractivity contribution in [3.63, 3.8) is 0 Å². The fourth-order valence-electron chi connectivity index (χ4n) is 1.68. The molecule has 1 aliphatic rings. The average molecular weight is 282 g/mol. The number of aromatic nitrogens is 1. The van der Waals surface area contributed by atoms with Crippen LogP contribution in [0.2, 0.25) is 0 Å². The summed E-state index contributed by atoms with van der Waals surface area (Å²) >= 11 is 1.32. The van der Waals surface area contributed by atoms with Crippen LogP contribution < -0.4 is 16.0 Å². The Hall–Kier alpha value is -1.60. The third-order valence-corrected chi connectivity index (χ3v) is 3.81. The van der Waals surface area contributed by atoms with Crippen LogP contribution >= 0.6 is 11.3 Å². The lowest BCUT2D eigenvalue weighted by molar-refractivity contribution is 0.0961. The average Bonchev–Trinajstić information content (AvgIpc) is 2.79. The number of nitrogens with one attached hydrogen (secondary N) is 1. The van der Waals surface area contributed by atoms with Gasteiger partial charge in [-0.2, -0.15) is 0 Å². The molecule has 0 spiro atoms. The highest BCUT2D eigenvalue weighted by Gasteiger charge is 2.20. The van der Waals surface area contributed by atoms with Crippen LogP contribution in [-0.4, -0.2) is 43.7 Å².